The van der Waals surface area contributed by atoms with Crippen molar-refractivity contribution in [3.63, 3.8) is 0 Å². The molecule has 0 aromatic rings. The zero-order valence-electron chi connectivity index (χ0n) is 9.46. The average molecular weight is 209 g/mol. The van der Waals surface area contributed by atoms with E-state index >= 15 is 0 Å². The molecule has 0 amide bonds. The Kier molecular flexibility index (Phi) is 3.66. The quantitative estimate of drug-likeness (QED) is 0.712. The second-order valence-corrected chi connectivity index (χ2v) is 5.15. The van der Waals surface area contributed by atoms with Crippen LogP contribution in [0.5, 0.6) is 0 Å². The van der Waals surface area contributed by atoms with E-state index in [-0.39, 0.29) is 5.60 Å². The van der Waals surface area contributed by atoms with Crippen LogP contribution in [0.1, 0.15) is 64.2 Å². The minimum absolute atomic E-state index is 0.125. The van der Waals surface area contributed by atoms with Gasteiger partial charge in [0.15, 0.2) is 0 Å². The van der Waals surface area contributed by atoms with Gasteiger partial charge in [-0.25, -0.2) is 4.79 Å². The molecule has 0 N–H and O–H groups in total. The van der Waals surface area contributed by atoms with Gasteiger partial charge in [0.1, 0.15) is 5.60 Å². The zero-order valence-corrected chi connectivity index (χ0v) is 9.46. The second-order valence-electron chi connectivity index (χ2n) is 5.15. The van der Waals surface area contributed by atoms with Gasteiger partial charge in [-0.05, 0) is 44.4 Å². The van der Waals surface area contributed by atoms with E-state index in [9.17, 15) is 4.79 Å². The van der Waals surface area contributed by atoms with Gasteiger partial charge in [-0.3, -0.25) is 0 Å². The van der Waals surface area contributed by atoms with Crippen LogP contribution in [-0.4, -0.2) is 12.1 Å². The van der Waals surface area contributed by atoms with Crippen molar-refractivity contribution in [2.45, 2.75) is 69.8 Å². The topological polar surface area (TPSA) is 26.3 Å². The van der Waals surface area contributed by atoms with E-state index < -0.39 is 0 Å². The molecule has 0 aromatic carbocycles. The van der Waals surface area contributed by atoms with Crippen molar-refractivity contribution in [1.29, 1.82) is 0 Å². The molecule has 2 saturated carbocycles. The lowest BCUT2D eigenvalue weighted by Gasteiger charge is -2.43. The SMILES string of the molecule is O=[C]OC1(C2CCCCC2)CCCCC1. The Morgan fingerprint density at radius 3 is 2.13 bits per heavy atom. The molecule has 0 bridgehead atoms. The van der Waals surface area contributed by atoms with Gasteiger partial charge in [-0.2, -0.15) is 0 Å². The highest BCUT2D eigenvalue weighted by Crippen LogP contribution is 2.43. The average Bonchev–Trinajstić information content (AvgIpc) is 2.32. The Morgan fingerprint density at radius 2 is 1.53 bits per heavy atom. The molecule has 2 aliphatic rings. The van der Waals surface area contributed by atoms with Crippen molar-refractivity contribution in [1.82, 2.24) is 0 Å². The van der Waals surface area contributed by atoms with E-state index in [1.54, 1.807) is 6.47 Å². The smallest absolute Gasteiger partial charge is 0.418 e. The fourth-order valence-corrected chi connectivity index (χ4v) is 3.46. The van der Waals surface area contributed by atoms with Crippen molar-refractivity contribution < 1.29 is 9.53 Å². The fraction of sp³-hybridized carbons (Fsp3) is 0.923. The first-order valence-electron chi connectivity index (χ1n) is 6.42. The van der Waals surface area contributed by atoms with Crippen molar-refractivity contribution in [2.24, 2.45) is 5.92 Å². The summed E-state index contributed by atoms with van der Waals surface area (Å²) in [4.78, 5) is 10.6. The number of carbonyl (C=O) groups excluding carboxylic acids is 1. The first kappa shape index (κ1) is 11.0. The van der Waals surface area contributed by atoms with Gasteiger partial charge in [0.25, 0.3) is 0 Å². The van der Waals surface area contributed by atoms with Crippen molar-refractivity contribution >= 4 is 6.47 Å². The maximum Gasteiger partial charge on any atom is 0.418 e. The summed E-state index contributed by atoms with van der Waals surface area (Å²) in [6.07, 6.45) is 12.4. The van der Waals surface area contributed by atoms with Crippen LogP contribution in [0.15, 0.2) is 0 Å². The predicted octanol–water partition coefficient (Wildman–Crippen LogP) is 3.35. The van der Waals surface area contributed by atoms with Gasteiger partial charge in [0.05, 0.1) is 0 Å². The number of hydrogen-bond acceptors (Lipinski definition) is 2. The molecule has 2 nitrogen and oxygen atoms in total. The molecule has 85 valence electrons. The lowest BCUT2D eigenvalue weighted by molar-refractivity contribution is -0.0499. The normalized spacial score (nSPS) is 27.2. The summed E-state index contributed by atoms with van der Waals surface area (Å²) in [5.74, 6) is 0.619. The third-order valence-electron chi connectivity index (χ3n) is 4.29. The minimum Gasteiger partial charge on any atom is -0.450 e. The summed E-state index contributed by atoms with van der Waals surface area (Å²) in [5, 5.41) is 0. The maximum absolute atomic E-state index is 10.6. The molecule has 2 heteroatoms. The Hall–Kier alpha value is -0.530. The second kappa shape index (κ2) is 5.00. The van der Waals surface area contributed by atoms with Crippen LogP contribution in [0.3, 0.4) is 0 Å². The van der Waals surface area contributed by atoms with E-state index in [2.05, 4.69) is 0 Å². The van der Waals surface area contributed by atoms with Crippen LogP contribution >= 0.6 is 0 Å². The van der Waals surface area contributed by atoms with Gasteiger partial charge in [0, 0.05) is 0 Å². The van der Waals surface area contributed by atoms with Crippen LogP contribution in [0.2, 0.25) is 0 Å². The first-order chi connectivity index (χ1) is 7.37. The molecule has 0 spiro atoms. The van der Waals surface area contributed by atoms with Crippen LogP contribution in [0, 0.1) is 5.92 Å². The molecule has 0 aliphatic heterocycles. The summed E-state index contributed by atoms with van der Waals surface area (Å²) < 4.78 is 5.40. The molecule has 0 aromatic heterocycles. The van der Waals surface area contributed by atoms with Crippen molar-refractivity contribution in [2.75, 3.05) is 0 Å². The van der Waals surface area contributed by atoms with Crippen LogP contribution in [0.25, 0.3) is 0 Å². The lowest BCUT2D eigenvalue weighted by atomic mass is 9.70. The highest BCUT2D eigenvalue weighted by atomic mass is 16.5. The molecule has 0 unspecified atom stereocenters. The highest BCUT2D eigenvalue weighted by Gasteiger charge is 2.42. The van der Waals surface area contributed by atoms with E-state index in [1.165, 1.54) is 51.4 Å². The van der Waals surface area contributed by atoms with Crippen molar-refractivity contribution in [3.8, 4) is 0 Å². The Bertz CT molecular complexity index is 201. The molecular weight excluding hydrogens is 188 g/mol. The largest absolute Gasteiger partial charge is 0.450 e. The number of ether oxygens (including phenoxy) is 1. The third-order valence-corrected chi connectivity index (χ3v) is 4.29. The Morgan fingerprint density at radius 1 is 0.933 bits per heavy atom. The molecule has 0 heterocycles. The van der Waals surface area contributed by atoms with Gasteiger partial charge in [-0.1, -0.05) is 25.7 Å². The zero-order chi connectivity index (χ0) is 10.6. The third kappa shape index (κ3) is 2.35. The lowest BCUT2D eigenvalue weighted by Crippen LogP contribution is -2.43. The summed E-state index contributed by atoms with van der Waals surface area (Å²) >= 11 is 0. The summed E-state index contributed by atoms with van der Waals surface area (Å²) in [5.41, 5.74) is -0.125. The van der Waals surface area contributed by atoms with Gasteiger partial charge >= 0.3 is 6.47 Å². The van der Waals surface area contributed by atoms with Crippen LogP contribution in [-0.2, 0) is 9.53 Å². The van der Waals surface area contributed by atoms with Gasteiger partial charge < -0.3 is 4.74 Å². The summed E-state index contributed by atoms with van der Waals surface area (Å²) in [7, 11) is 0. The standard InChI is InChI=1S/C13H21O2/c14-11-15-13(9-5-2-6-10-13)12-7-3-1-4-8-12/h12H,1-10H2. The highest BCUT2D eigenvalue weighted by molar-refractivity contribution is 5.39. The van der Waals surface area contributed by atoms with E-state index in [4.69, 9.17) is 4.74 Å². The monoisotopic (exact) mass is 209 g/mol. The minimum atomic E-state index is -0.125. The van der Waals surface area contributed by atoms with Gasteiger partial charge in [-0.15, -0.1) is 0 Å². The van der Waals surface area contributed by atoms with E-state index in [0.29, 0.717) is 5.92 Å². The molecule has 1 radical (unpaired) electrons. The fourth-order valence-electron chi connectivity index (χ4n) is 3.46. The summed E-state index contributed by atoms with van der Waals surface area (Å²) in [6.45, 7) is 1.73. The first-order valence-corrected chi connectivity index (χ1v) is 6.42. The van der Waals surface area contributed by atoms with Gasteiger partial charge in [0.2, 0.25) is 0 Å². The predicted molar refractivity (Wildman–Crippen MR) is 59.2 cm³/mol. The molecule has 0 saturated heterocycles. The molecule has 0 atom stereocenters. The molecule has 2 aliphatic carbocycles. The Labute approximate surface area is 92.4 Å². The van der Waals surface area contributed by atoms with Crippen LogP contribution in [0.4, 0.5) is 0 Å². The molecule has 2 rings (SSSR count). The van der Waals surface area contributed by atoms with E-state index in [1.807, 2.05) is 0 Å². The molecule has 15 heavy (non-hydrogen) atoms. The molecular formula is C13H21O2. The number of hydrogen-bond donors (Lipinski definition) is 0. The summed E-state index contributed by atoms with van der Waals surface area (Å²) in [6, 6.07) is 0. The van der Waals surface area contributed by atoms with Crippen molar-refractivity contribution in [3.05, 3.63) is 0 Å². The van der Waals surface area contributed by atoms with Crippen LogP contribution < -0.4 is 0 Å². The van der Waals surface area contributed by atoms with E-state index in [0.717, 1.165) is 12.8 Å². The number of rotatable bonds is 3. The molecule has 2 fully saturated rings. The Balaban J connectivity index is 2.04. The maximum atomic E-state index is 10.6.